The molecule has 0 aliphatic carbocycles. The maximum atomic E-state index is 8.99. The molecule has 0 bridgehead atoms. The summed E-state index contributed by atoms with van der Waals surface area (Å²) < 4.78 is 5.10. The highest BCUT2D eigenvalue weighted by molar-refractivity contribution is 5.41. The highest BCUT2D eigenvalue weighted by Gasteiger charge is 2.20. The predicted molar refractivity (Wildman–Crippen MR) is 67.4 cm³/mol. The molecule has 0 radical (unpaired) electrons. The molecule has 2 rings (SSSR count). The zero-order valence-corrected chi connectivity index (χ0v) is 10.3. The van der Waals surface area contributed by atoms with Gasteiger partial charge in [-0.05, 0) is 37.3 Å². The van der Waals surface area contributed by atoms with E-state index in [-0.39, 0.29) is 6.61 Å². The van der Waals surface area contributed by atoms with Crippen LogP contribution in [0.25, 0.3) is 0 Å². The summed E-state index contributed by atoms with van der Waals surface area (Å²) in [6.07, 6.45) is 5.04. The summed E-state index contributed by atoms with van der Waals surface area (Å²) in [7, 11) is 1.65. The van der Waals surface area contributed by atoms with Gasteiger partial charge in [-0.15, -0.1) is 0 Å². The second-order valence-corrected chi connectivity index (χ2v) is 4.52. The molecule has 1 N–H and O–H groups in total. The molecule has 0 spiro atoms. The van der Waals surface area contributed by atoms with E-state index in [1.165, 1.54) is 12.8 Å². The number of aliphatic hydroxyl groups excluding tert-OH is 1. The minimum atomic E-state index is 0.286. The molecule has 1 aromatic rings. The Hall–Kier alpha value is -1.29. The largest absolute Gasteiger partial charge is 0.495 e. The fourth-order valence-electron chi connectivity index (χ4n) is 2.37. The second kappa shape index (κ2) is 5.87. The number of methoxy groups -OCH3 is 1. The Morgan fingerprint density at radius 1 is 1.53 bits per heavy atom. The van der Waals surface area contributed by atoms with Gasteiger partial charge in [0.2, 0.25) is 0 Å². The SMILES string of the molecule is COc1ccc(N2CCCC(CCO)C2)nc1. The quantitative estimate of drug-likeness (QED) is 0.864. The summed E-state index contributed by atoms with van der Waals surface area (Å²) in [4.78, 5) is 6.70. The van der Waals surface area contributed by atoms with E-state index in [1.54, 1.807) is 13.3 Å². The van der Waals surface area contributed by atoms with Crippen LogP contribution in [0.15, 0.2) is 18.3 Å². The smallest absolute Gasteiger partial charge is 0.137 e. The molecule has 4 nitrogen and oxygen atoms in total. The minimum absolute atomic E-state index is 0.286. The molecule has 4 heteroatoms. The lowest BCUT2D eigenvalue weighted by molar-refractivity contribution is 0.244. The number of hydrogen-bond acceptors (Lipinski definition) is 4. The minimum Gasteiger partial charge on any atom is -0.495 e. The highest BCUT2D eigenvalue weighted by atomic mass is 16.5. The van der Waals surface area contributed by atoms with Gasteiger partial charge >= 0.3 is 0 Å². The topological polar surface area (TPSA) is 45.6 Å². The van der Waals surface area contributed by atoms with E-state index >= 15 is 0 Å². The molecule has 1 saturated heterocycles. The summed E-state index contributed by atoms with van der Waals surface area (Å²) in [5.74, 6) is 2.39. The molecule has 1 atom stereocenters. The summed E-state index contributed by atoms with van der Waals surface area (Å²) >= 11 is 0. The summed E-state index contributed by atoms with van der Waals surface area (Å²) in [5.41, 5.74) is 0. The Kier molecular flexibility index (Phi) is 4.20. The fraction of sp³-hybridized carbons (Fsp3) is 0.615. The van der Waals surface area contributed by atoms with Crippen LogP contribution in [0.1, 0.15) is 19.3 Å². The molecule has 1 unspecified atom stereocenters. The molecular formula is C13H20N2O2. The van der Waals surface area contributed by atoms with Gasteiger partial charge in [-0.3, -0.25) is 0 Å². The maximum Gasteiger partial charge on any atom is 0.137 e. The van der Waals surface area contributed by atoms with Crippen molar-refractivity contribution in [1.29, 1.82) is 0 Å². The number of nitrogens with zero attached hydrogens (tertiary/aromatic N) is 2. The molecule has 1 aliphatic rings. The molecule has 0 amide bonds. The lowest BCUT2D eigenvalue weighted by Gasteiger charge is -2.33. The van der Waals surface area contributed by atoms with Crippen LogP contribution >= 0.6 is 0 Å². The van der Waals surface area contributed by atoms with Crippen LogP contribution < -0.4 is 9.64 Å². The van der Waals surface area contributed by atoms with Crippen LogP contribution in [-0.4, -0.2) is 36.9 Å². The van der Waals surface area contributed by atoms with Crippen LogP contribution in [0.5, 0.6) is 5.75 Å². The molecule has 0 saturated carbocycles. The first kappa shape index (κ1) is 12.2. The molecule has 2 heterocycles. The second-order valence-electron chi connectivity index (χ2n) is 4.52. The van der Waals surface area contributed by atoms with Crippen molar-refractivity contribution in [2.75, 3.05) is 31.7 Å². The zero-order chi connectivity index (χ0) is 12.1. The van der Waals surface area contributed by atoms with E-state index in [9.17, 15) is 0 Å². The molecule has 94 valence electrons. The molecule has 1 aromatic heterocycles. The van der Waals surface area contributed by atoms with Gasteiger partial charge < -0.3 is 14.7 Å². The number of piperidine rings is 1. The molecule has 17 heavy (non-hydrogen) atoms. The van der Waals surface area contributed by atoms with Gasteiger partial charge in [-0.2, -0.15) is 0 Å². The fourth-order valence-corrected chi connectivity index (χ4v) is 2.37. The van der Waals surface area contributed by atoms with Crippen LogP contribution in [0.2, 0.25) is 0 Å². The van der Waals surface area contributed by atoms with Gasteiger partial charge in [0.05, 0.1) is 13.3 Å². The number of aromatic nitrogens is 1. The van der Waals surface area contributed by atoms with Crippen molar-refractivity contribution in [2.45, 2.75) is 19.3 Å². The van der Waals surface area contributed by atoms with Crippen molar-refractivity contribution in [1.82, 2.24) is 4.98 Å². The highest BCUT2D eigenvalue weighted by Crippen LogP contribution is 2.24. The maximum absolute atomic E-state index is 8.99. The number of anilines is 1. The first-order valence-electron chi connectivity index (χ1n) is 6.19. The standard InChI is InChI=1S/C13H20N2O2/c1-17-12-4-5-13(14-9-12)15-7-2-3-11(10-15)6-8-16/h4-5,9,11,16H,2-3,6-8,10H2,1H3. The monoisotopic (exact) mass is 236 g/mol. The molecular weight excluding hydrogens is 216 g/mol. The molecule has 1 fully saturated rings. The Balaban J connectivity index is 2.00. The van der Waals surface area contributed by atoms with E-state index in [0.29, 0.717) is 5.92 Å². The van der Waals surface area contributed by atoms with Crippen LogP contribution in [-0.2, 0) is 0 Å². The van der Waals surface area contributed by atoms with Crippen molar-refractivity contribution in [3.05, 3.63) is 18.3 Å². The van der Waals surface area contributed by atoms with Crippen molar-refractivity contribution >= 4 is 5.82 Å². The van der Waals surface area contributed by atoms with Gasteiger partial charge in [0.1, 0.15) is 11.6 Å². The lowest BCUT2D eigenvalue weighted by Crippen LogP contribution is -2.36. The lowest BCUT2D eigenvalue weighted by atomic mass is 9.95. The number of aliphatic hydroxyl groups is 1. The Labute approximate surface area is 102 Å². The first-order chi connectivity index (χ1) is 8.33. The average Bonchev–Trinajstić information content (AvgIpc) is 2.40. The number of rotatable bonds is 4. The van der Waals surface area contributed by atoms with Crippen LogP contribution in [0, 0.1) is 5.92 Å². The zero-order valence-electron chi connectivity index (χ0n) is 10.3. The van der Waals surface area contributed by atoms with E-state index in [2.05, 4.69) is 9.88 Å². The van der Waals surface area contributed by atoms with Gasteiger partial charge in [0.25, 0.3) is 0 Å². The van der Waals surface area contributed by atoms with Gasteiger partial charge in [0.15, 0.2) is 0 Å². The Morgan fingerprint density at radius 2 is 2.41 bits per heavy atom. The Bertz CT molecular complexity index is 338. The van der Waals surface area contributed by atoms with E-state index < -0.39 is 0 Å². The third-order valence-corrected chi connectivity index (χ3v) is 3.34. The van der Waals surface area contributed by atoms with Crippen molar-refractivity contribution < 1.29 is 9.84 Å². The number of pyridine rings is 1. The van der Waals surface area contributed by atoms with E-state index in [4.69, 9.17) is 9.84 Å². The van der Waals surface area contributed by atoms with Crippen LogP contribution in [0.4, 0.5) is 5.82 Å². The van der Waals surface area contributed by atoms with E-state index in [0.717, 1.165) is 31.1 Å². The van der Waals surface area contributed by atoms with Crippen molar-refractivity contribution in [3.8, 4) is 5.75 Å². The third kappa shape index (κ3) is 3.09. The summed E-state index contributed by atoms with van der Waals surface area (Å²) in [6.45, 7) is 2.34. The first-order valence-corrected chi connectivity index (χ1v) is 6.19. The summed E-state index contributed by atoms with van der Waals surface area (Å²) in [6, 6.07) is 3.94. The Morgan fingerprint density at radius 3 is 3.06 bits per heavy atom. The molecule has 0 aromatic carbocycles. The van der Waals surface area contributed by atoms with Gasteiger partial charge in [-0.1, -0.05) is 0 Å². The van der Waals surface area contributed by atoms with Gasteiger partial charge in [-0.25, -0.2) is 4.98 Å². The normalized spacial score (nSPS) is 20.4. The number of ether oxygens (including phenoxy) is 1. The molecule has 1 aliphatic heterocycles. The van der Waals surface area contributed by atoms with Crippen molar-refractivity contribution in [2.24, 2.45) is 5.92 Å². The number of hydrogen-bond donors (Lipinski definition) is 1. The van der Waals surface area contributed by atoms with Gasteiger partial charge in [0, 0.05) is 19.7 Å². The van der Waals surface area contributed by atoms with Crippen molar-refractivity contribution in [3.63, 3.8) is 0 Å². The average molecular weight is 236 g/mol. The summed E-state index contributed by atoms with van der Waals surface area (Å²) in [5, 5.41) is 8.99. The third-order valence-electron chi connectivity index (χ3n) is 3.34. The van der Waals surface area contributed by atoms with E-state index in [1.807, 2.05) is 12.1 Å². The predicted octanol–water partition coefficient (Wildman–Crippen LogP) is 1.69. The van der Waals surface area contributed by atoms with Crippen LogP contribution in [0.3, 0.4) is 0 Å².